The van der Waals surface area contributed by atoms with Crippen LogP contribution in [0.1, 0.15) is 53.5 Å². The molecule has 0 aliphatic carbocycles. The fraction of sp³-hybridized carbons (Fsp3) is 0.317. The van der Waals surface area contributed by atoms with Crippen LogP contribution in [0.2, 0.25) is 0 Å². The van der Waals surface area contributed by atoms with Gasteiger partial charge in [-0.15, -0.1) is 0 Å². The predicted molar refractivity (Wildman–Crippen MR) is 210 cm³/mol. The SMILES string of the molecule is COc1ccc(C(OC[C@H]2O[C@@H](n3cc(C)c(=O)[nH]c3=O)C[C@@H]2OP2(=S)OC(c3ccccc3)C(C)N2C)(c2ccccc2)c2ccc(OC)cc2)cc1. The number of rotatable bonds is 12. The van der Waals surface area contributed by atoms with Crippen LogP contribution in [0, 0.1) is 6.92 Å². The number of H-pyrrole nitrogens is 1. The summed E-state index contributed by atoms with van der Waals surface area (Å²) in [6.45, 7) is 0.677. The number of nitrogens with zero attached hydrogens (tertiary/aromatic N) is 2. The zero-order valence-electron chi connectivity index (χ0n) is 30.8. The summed E-state index contributed by atoms with van der Waals surface area (Å²) in [5.74, 6) is 1.41. The van der Waals surface area contributed by atoms with Crippen molar-refractivity contribution in [3.8, 4) is 11.5 Å². The standard InChI is InChI=1S/C41H44N3O8PS/c1-27-25-44(40(46)42-39(27)45)37-24-35(51-53(54)43(3)28(2)38(52-53)29-12-8-6-9-13-29)36(50-37)26-49-41(30-14-10-7-11-15-30,31-16-20-33(47-4)21-17-31)32-18-22-34(48-5)23-19-32/h6-23,25,28,35-38H,24,26H2,1-5H3,(H,42,45,46)/t28?,35-,36+,37+,38?,53?/m0/s1. The average Bonchev–Trinajstić information content (AvgIpc) is 3.70. The summed E-state index contributed by atoms with van der Waals surface area (Å²) in [5.41, 5.74) is 1.80. The van der Waals surface area contributed by atoms with E-state index >= 15 is 0 Å². The number of likely N-dealkylation sites (N-methyl/N-ethyl adjacent to an activating group) is 1. The van der Waals surface area contributed by atoms with Crippen molar-refractivity contribution in [1.29, 1.82) is 0 Å². The molecule has 5 aromatic rings. The van der Waals surface area contributed by atoms with E-state index in [-0.39, 0.29) is 25.2 Å². The Kier molecular flexibility index (Phi) is 11.1. The number of methoxy groups -OCH3 is 2. The largest absolute Gasteiger partial charge is 0.497 e. The molecule has 0 radical (unpaired) electrons. The van der Waals surface area contributed by atoms with Crippen LogP contribution in [-0.2, 0) is 35.9 Å². The summed E-state index contributed by atoms with van der Waals surface area (Å²) in [6.07, 6.45) is -0.671. The Morgan fingerprint density at radius 2 is 1.41 bits per heavy atom. The van der Waals surface area contributed by atoms with E-state index in [0.29, 0.717) is 17.1 Å². The summed E-state index contributed by atoms with van der Waals surface area (Å²) in [5, 5.41) is 0. The molecule has 13 heteroatoms. The number of hydrogen-bond donors (Lipinski definition) is 1. The first kappa shape index (κ1) is 37.9. The van der Waals surface area contributed by atoms with Gasteiger partial charge in [0.25, 0.3) is 12.2 Å². The van der Waals surface area contributed by atoms with E-state index in [1.807, 2.05) is 121 Å². The molecule has 4 aromatic carbocycles. The molecule has 3 heterocycles. The number of benzene rings is 4. The maximum absolute atomic E-state index is 13.2. The van der Waals surface area contributed by atoms with Crippen molar-refractivity contribution >= 4 is 18.4 Å². The van der Waals surface area contributed by atoms with Crippen molar-refractivity contribution in [3.05, 3.63) is 164 Å². The number of nitrogens with one attached hydrogen (secondary N) is 1. The molecule has 2 saturated heterocycles. The fourth-order valence-electron chi connectivity index (χ4n) is 7.19. The van der Waals surface area contributed by atoms with Crippen LogP contribution in [0.15, 0.2) is 125 Å². The van der Waals surface area contributed by atoms with E-state index in [4.69, 9.17) is 39.8 Å². The molecule has 2 fully saturated rings. The molecular weight excluding hydrogens is 726 g/mol. The number of hydrogen-bond acceptors (Lipinski definition) is 9. The van der Waals surface area contributed by atoms with Gasteiger partial charge >= 0.3 is 5.69 Å². The number of aryl methyl sites for hydroxylation is 1. The van der Waals surface area contributed by atoms with Crippen molar-refractivity contribution in [2.45, 2.75) is 56.5 Å². The highest BCUT2D eigenvalue weighted by molar-refractivity contribution is 8.08. The first-order chi connectivity index (χ1) is 26.1. The van der Waals surface area contributed by atoms with E-state index in [0.717, 1.165) is 22.3 Å². The third-order valence-electron chi connectivity index (χ3n) is 10.3. The third-order valence-corrected chi connectivity index (χ3v) is 13.8. The maximum Gasteiger partial charge on any atom is 0.330 e. The lowest BCUT2D eigenvalue weighted by molar-refractivity contribution is -0.0921. The topological polar surface area (TPSA) is 113 Å². The Morgan fingerprint density at radius 3 is 1.98 bits per heavy atom. The summed E-state index contributed by atoms with van der Waals surface area (Å²) in [4.78, 5) is 27.9. The minimum Gasteiger partial charge on any atom is -0.497 e. The molecule has 1 aromatic heterocycles. The van der Waals surface area contributed by atoms with Crippen LogP contribution in [0.3, 0.4) is 0 Å². The molecule has 54 heavy (non-hydrogen) atoms. The van der Waals surface area contributed by atoms with Gasteiger partial charge < -0.3 is 28.0 Å². The molecule has 3 unspecified atom stereocenters. The van der Waals surface area contributed by atoms with E-state index in [9.17, 15) is 9.59 Å². The molecule has 11 nitrogen and oxygen atoms in total. The van der Waals surface area contributed by atoms with Crippen LogP contribution >= 0.6 is 6.64 Å². The Labute approximate surface area is 319 Å². The molecule has 6 atom stereocenters. The van der Waals surface area contributed by atoms with Gasteiger partial charge in [0.1, 0.15) is 35.5 Å². The van der Waals surface area contributed by atoms with Gasteiger partial charge in [0, 0.05) is 24.2 Å². The minimum absolute atomic E-state index is 0.0297. The predicted octanol–water partition coefficient (Wildman–Crippen LogP) is 6.86. The number of ether oxygens (including phenoxy) is 4. The normalized spacial score (nSPS) is 24.4. The van der Waals surface area contributed by atoms with Gasteiger partial charge in [-0.25, -0.2) is 9.46 Å². The number of aromatic amines is 1. The fourth-order valence-corrected chi connectivity index (χ4v) is 10.3. The van der Waals surface area contributed by atoms with Crippen LogP contribution < -0.4 is 20.7 Å². The Hall–Kier alpha value is -4.39. The van der Waals surface area contributed by atoms with Gasteiger partial charge in [0.05, 0.1) is 26.9 Å². The van der Waals surface area contributed by atoms with Crippen molar-refractivity contribution in [2.24, 2.45) is 0 Å². The van der Waals surface area contributed by atoms with Crippen LogP contribution in [0.25, 0.3) is 0 Å². The number of aromatic nitrogens is 2. The first-order valence-corrected chi connectivity index (χ1v) is 20.4. The van der Waals surface area contributed by atoms with Crippen molar-refractivity contribution in [3.63, 3.8) is 0 Å². The lowest BCUT2D eigenvalue weighted by Gasteiger charge is -2.37. The van der Waals surface area contributed by atoms with Gasteiger partial charge in [-0.1, -0.05) is 84.9 Å². The molecular formula is C41H44N3O8PS. The highest BCUT2D eigenvalue weighted by Crippen LogP contribution is 2.64. The lowest BCUT2D eigenvalue weighted by Crippen LogP contribution is -2.39. The summed E-state index contributed by atoms with van der Waals surface area (Å²) < 4.78 is 41.9. The third kappa shape index (κ3) is 7.23. The van der Waals surface area contributed by atoms with E-state index in [1.165, 1.54) is 10.8 Å². The Bertz CT molecular complexity index is 2170. The second kappa shape index (κ2) is 15.8. The second-order valence-corrected chi connectivity index (χ2v) is 16.9. The van der Waals surface area contributed by atoms with Crippen molar-refractivity contribution in [1.82, 2.24) is 14.2 Å². The first-order valence-electron chi connectivity index (χ1n) is 17.8. The minimum atomic E-state index is -3.07. The second-order valence-electron chi connectivity index (χ2n) is 13.5. The molecule has 0 amide bonds. The Morgan fingerprint density at radius 1 is 0.852 bits per heavy atom. The van der Waals surface area contributed by atoms with E-state index in [1.54, 1.807) is 21.1 Å². The average molecular weight is 770 g/mol. The van der Waals surface area contributed by atoms with Gasteiger partial charge in [-0.3, -0.25) is 14.3 Å². The molecule has 2 aliphatic heterocycles. The van der Waals surface area contributed by atoms with Crippen LogP contribution in [-0.4, -0.2) is 60.3 Å². The molecule has 0 bridgehead atoms. The zero-order chi connectivity index (χ0) is 38.0. The Balaban J connectivity index is 1.29. The van der Waals surface area contributed by atoms with E-state index in [2.05, 4.69) is 11.9 Å². The molecule has 0 saturated carbocycles. The molecule has 282 valence electrons. The molecule has 7 rings (SSSR count). The highest BCUT2D eigenvalue weighted by Gasteiger charge is 2.50. The smallest absolute Gasteiger partial charge is 0.330 e. The monoisotopic (exact) mass is 769 g/mol. The van der Waals surface area contributed by atoms with Gasteiger partial charge in [-0.2, -0.15) is 0 Å². The molecule has 1 N–H and O–H groups in total. The molecule has 0 spiro atoms. The van der Waals surface area contributed by atoms with Gasteiger partial charge in [-0.05, 0) is 79.2 Å². The lowest BCUT2D eigenvalue weighted by atomic mass is 9.80. The summed E-state index contributed by atoms with van der Waals surface area (Å²) in [7, 11) is 5.19. The highest BCUT2D eigenvalue weighted by atomic mass is 32.5. The van der Waals surface area contributed by atoms with Crippen molar-refractivity contribution < 1.29 is 28.0 Å². The van der Waals surface area contributed by atoms with Crippen LogP contribution in [0.5, 0.6) is 11.5 Å². The maximum atomic E-state index is 13.2. The summed E-state index contributed by atoms with van der Waals surface area (Å²) >= 11 is 6.24. The zero-order valence-corrected chi connectivity index (χ0v) is 32.5. The van der Waals surface area contributed by atoms with Gasteiger partial charge in [0.15, 0.2) is 0 Å². The van der Waals surface area contributed by atoms with E-state index < -0.39 is 41.9 Å². The van der Waals surface area contributed by atoms with Crippen molar-refractivity contribution in [2.75, 3.05) is 27.9 Å². The summed E-state index contributed by atoms with van der Waals surface area (Å²) in [6, 6.07) is 35.4. The van der Waals surface area contributed by atoms with Crippen LogP contribution in [0.4, 0.5) is 0 Å². The quantitative estimate of drug-likeness (QED) is 0.107. The van der Waals surface area contributed by atoms with Gasteiger partial charge in [0.2, 0.25) is 0 Å². The molecule has 2 aliphatic rings.